The Morgan fingerprint density at radius 3 is 2.58 bits per heavy atom. The molecule has 0 radical (unpaired) electrons. The number of halogens is 1. The lowest BCUT2D eigenvalue weighted by Gasteiger charge is -2.32. The summed E-state index contributed by atoms with van der Waals surface area (Å²) in [5.74, 6) is 0.183. The molecule has 0 aliphatic carbocycles. The molecule has 0 saturated carbocycles. The number of hydrogen-bond acceptors (Lipinski definition) is 4. The van der Waals surface area contributed by atoms with Crippen LogP contribution in [0.1, 0.15) is 18.4 Å². The van der Waals surface area contributed by atoms with Crippen molar-refractivity contribution in [2.75, 3.05) is 13.1 Å². The lowest BCUT2D eigenvalue weighted by Crippen LogP contribution is -2.44. The van der Waals surface area contributed by atoms with Crippen LogP contribution in [0, 0.1) is 5.82 Å². The van der Waals surface area contributed by atoms with Crippen molar-refractivity contribution >= 4 is 10.0 Å². The van der Waals surface area contributed by atoms with Gasteiger partial charge in [0.25, 0.3) is 0 Å². The van der Waals surface area contributed by atoms with Crippen LogP contribution in [-0.4, -0.2) is 36.9 Å². The normalized spacial score (nSPS) is 19.1. The predicted octanol–water partition coefficient (Wildman–Crippen LogP) is 2.59. The van der Waals surface area contributed by atoms with Gasteiger partial charge in [-0.3, -0.25) is 4.98 Å². The summed E-state index contributed by atoms with van der Waals surface area (Å²) in [6.45, 7) is 0.811. The van der Waals surface area contributed by atoms with Gasteiger partial charge in [0.15, 0.2) is 0 Å². The Balaban J connectivity index is 1.65. The van der Waals surface area contributed by atoms with Crippen LogP contribution in [0.5, 0.6) is 5.75 Å². The first-order valence-corrected chi connectivity index (χ1v) is 9.43. The summed E-state index contributed by atoms with van der Waals surface area (Å²) in [6, 6.07) is 9.06. The number of rotatable bonds is 5. The van der Waals surface area contributed by atoms with E-state index in [4.69, 9.17) is 4.74 Å². The molecular weight excluding hydrogens is 331 g/mol. The van der Waals surface area contributed by atoms with Crippen molar-refractivity contribution in [1.29, 1.82) is 0 Å². The fourth-order valence-corrected chi connectivity index (χ4v) is 4.34. The average molecular weight is 350 g/mol. The summed E-state index contributed by atoms with van der Waals surface area (Å²) in [6.07, 6.45) is 4.66. The highest BCUT2D eigenvalue weighted by Gasteiger charge is 2.30. The van der Waals surface area contributed by atoms with E-state index in [1.807, 2.05) is 0 Å². The van der Waals surface area contributed by atoms with Gasteiger partial charge in [-0.1, -0.05) is 12.1 Å². The van der Waals surface area contributed by atoms with E-state index in [9.17, 15) is 12.8 Å². The van der Waals surface area contributed by atoms with Crippen molar-refractivity contribution in [3.63, 3.8) is 0 Å². The van der Waals surface area contributed by atoms with E-state index < -0.39 is 10.0 Å². The van der Waals surface area contributed by atoms with Crippen LogP contribution in [0.4, 0.5) is 4.39 Å². The zero-order chi connectivity index (χ0) is 17.0. The zero-order valence-corrected chi connectivity index (χ0v) is 14.0. The molecule has 1 aromatic carbocycles. The first kappa shape index (κ1) is 16.9. The van der Waals surface area contributed by atoms with Crippen LogP contribution in [0.2, 0.25) is 0 Å². The Morgan fingerprint density at radius 1 is 1.17 bits per heavy atom. The molecule has 1 aromatic heterocycles. The molecule has 1 unspecified atom stereocenters. The van der Waals surface area contributed by atoms with Gasteiger partial charge in [0.1, 0.15) is 17.7 Å². The minimum Gasteiger partial charge on any atom is -0.489 e. The molecule has 1 fully saturated rings. The third kappa shape index (κ3) is 4.30. The van der Waals surface area contributed by atoms with Gasteiger partial charge in [-0.25, -0.2) is 12.8 Å². The lowest BCUT2D eigenvalue weighted by atomic mass is 10.1. The summed E-state index contributed by atoms with van der Waals surface area (Å²) in [5.41, 5.74) is 0.577. The maximum Gasteiger partial charge on any atom is 0.218 e. The van der Waals surface area contributed by atoms with Crippen LogP contribution in [-0.2, 0) is 15.8 Å². The lowest BCUT2D eigenvalue weighted by molar-refractivity contribution is 0.129. The van der Waals surface area contributed by atoms with Gasteiger partial charge in [-0.05, 0) is 42.7 Å². The molecule has 0 spiro atoms. The maximum absolute atomic E-state index is 13.0. The minimum atomic E-state index is -3.46. The van der Waals surface area contributed by atoms with E-state index in [0.29, 0.717) is 24.4 Å². The van der Waals surface area contributed by atoms with Gasteiger partial charge in [-0.15, -0.1) is 0 Å². The second-order valence-electron chi connectivity index (χ2n) is 5.81. The maximum atomic E-state index is 13.0. The molecule has 24 heavy (non-hydrogen) atoms. The Bertz CT molecular complexity index is 766. The minimum absolute atomic E-state index is 0.130. The number of sulfonamides is 1. The van der Waals surface area contributed by atoms with Crippen LogP contribution < -0.4 is 4.74 Å². The molecule has 0 bridgehead atoms. The average Bonchev–Trinajstić information content (AvgIpc) is 2.58. The number of hydrogen-bond donors (Lipinski definition) is 0. The summed E-state index contributed by atoms with van der Waals surface area (Å²) in [5, 5.41) is 0. The zero-order valence-electron chi connectivity index (χ0n) is 13.1. The molecular formula is C17H19FN2O3S. The molecule has 1 atom stereocenters. The summed E-state index contributed by atoms with van der Waals surface area (Å²) < 4.78 is 45.5. The van der Waals surface area contributed by atoms with Crippen LogP contribution in [0.25, 0.3) is 0 Å². The Morgan fingerprint density at radius 2 is 1.88 bits per heavy atom. The van der Waals surface area contributed by atoms with Gasteiger partial charge < -0.3 is 4.74 Å². The molecule has 0 amide bonds. The highest BCUT2D eigenvalue weighted by atomic mass is 32.2. The number of ether oxygens (including phenoxy) is 1. The van der Waals surface area contributed by atoms with Gasteiger partial charge in [0.05, 0.1) is 12.3 Å². The van der Waals surface area contributed by atoms with Crippen molar-refractivity contribution in [3.8, 4) is 5.75 Å². The summed E-state index contributed by atoms with van der Waals surface area (Å²) in [7, 11) is -3.46. The number of nitrogens with zero attached hydrogens (tertiary/aromatic N) is 2. The molecule has 1 saturated heterocycles. The Labute approximate surface area is 141 Å². The third-order valence-electron chi connectivity index (χ3n) is 3.95. The second-order valence-corrected chi connectivity index (χ2v) is 7.77. The molecule has 2 aromatic rings. The number of piperidine rings is 1. The monoisotopic (exact) mass is 350 g/mol. The fourth-order valence-electron chi connectivity index (χ4n) is 2.75. The van der Waals surface area contributed by atoms with Crippen molar-refractivity contribution in [2.24, 2.45) is 0 Å². The molecule has 1 aliphatic rings. The third-order valence-corrected chi connectivity index (χ3v) is 5.77. The van der Waals surface area contributed by atoms with Crippen LogP contribution in [0.15, 0.2) is 48.8 Å². The number of pyridine rings is 1. The molecule has 2 heterocycles. The van der Waals surface area contributed by atoms with Crippen molar-refractivity contribution in [1.82, 2.24) is 9.29 Å². The first-order chi connectivity index (χ1) is 11.5. The number of aromatic nitrogens is 1. The topological polar surface area (TPSA) is 59.5 Å². The van der Waals surface area contributed by atoms with Crippen molar-refractivity contribution in [3.05, 3.63) is 60.2 Å². The van der Waals surface area contributed by atoms with E-state index >= 15 is 0 Å². The second kappa shape index (κ2) is 7.27. The van der Waals surface area contributed by atoms with E-state index in [0.717, 1.165) is 12.8 Å². The Hall–Kier alpha value is -1.99. The molecule has 5 nitrogen and oxygen atoms in total. The molecule has 0 N–H and O–H groups in total. The van der Waals surface area contributed by atoms with E-state index in [1.165, 1.54) is 28.6 Å². The highest BCUT2D eigenvalue weighted by molar-refractivity contribution is 7.88. The SMILES string of the molecule is O=S(=O)(Cc1ccc(F)cc1)N1CCCC(Oc2ccncc2)C1. The standard InChI is InChI=1S/C17H19FN2O3S/c18-15-5-3-14(4-6-15)13-24(21,22)20-11-1-2-17(12-20)23-16-7-9-19-10-8-16/h3-10,17H,1-2,11-13H2. The quantitative estimate of drug-likeness (QED) is 0.832. The molecule has 128 valence electrons. The van der Waals surface area contributed by atoms with E-state index in [-0.39, 0.29) is 17.7 Å². The van der Waals surface area contributed by atoms with Crippen LogP contribution >= 0.6 is 0 Å². The van der Waals surface area contributed by atoms with Crippen LogP contribution in [0.3, 0.4) is 0 Å². The van der Waals surface area contributed by atoms with Gasteiger partial charge in [0, 0.05) is 18.9 Å². The fraction of sp³-hybridized carbons (Fsp3) is 0.353. The molecule has 7 heteroatoms. The smallest absolute Gasteiger partial charge is 0.218 e. The Kier molecular flexibility index (Phi) is 5.11. The molecule has 1 aliphatic heterocycles. The van der Waals surface area contributed by atoms with E-state index in [1.54, 1.807) is 24.5 Å². The van der Waals surface area contributed by atoms with Crippen molar-refractivity contribution in [2.45, 2.75) is 24.7 Å². The first-order valence-electron chi connectivity index (χ1n) is 7.82. The largest absolute Gasteiger partial charge is 0.489 e. The van der Waals surface area contributed by atoms with Gasteiger partial charge >= 0.3 is 0 Å². The highest BCUT2D eigenvalue weighted by Crippen LogP contribution is 2.21. The van der Waals surface area contributed by atoms with Gasteiger partial charge in [0.2, 0.25) is 10.0 Å². The van der Waals surface area contributed by atoms with E-state index in [2.05, 4.69) is 4.98 Å². The predicted molar refractivity (Wildman–Crippen MR) is 88.5 cm³/mol. The van der Waals surface area contributed by atoms with Gasteiger partial charge in [-0.2, -0.15) is 4.31 Å². The molecule has 3 rings (SSSR count). The summed E-state index contributed by atoms with van der Waals surface area (Å²) >= 11 is 0. The summed E-state index contributed by atoms with van der Waals surface area (Å²) in [4.78, 5) is 3.93. The van der Waals surface area contributed by atoms with Crippen molar-refractivity contribution < 1.29 is 17.5 Å². The number of benzene rings is 1.